The molecule has 0 bridgehead atoms. The van der Waals surface area contributed by atoms with E-state index in [0.29, 0.717) is 75.3 Å². The number of benzene rings is 3. The lowest BCUT2D eigenvalue weighted by atomic mass is 9.86. The molecular weight excluding hydrogens is 803 g/mol. The summed E-state index contributed by atoms with van der Waals surface area (Å²) in [6, 6.07) is 12.9. The minimum atomic E-state index is -2.64. The molecule has 5 heterocycles. The Morgan fingerprint density at radius 3 is 2.40 bits per heavy atom. The van der Waals surface area contributed by atoms with Gasteiger partial charge in [0.2, 0.25) is 12.3 Å². The van der Waals surface area contributed by atoms with Crippen LogP contribution in [0.2, 0.25) is 0 Å². The third-order valence-corrected chi connectivity index (χ3v) is 13.3. The van der Waals surface area contributed by atoms with Gasteiger partial charge in [0.15, 0.2) is 0 Å². The predicted molar refractivity (Wildman–Crippen MR) is 230 cm³/mol. The van der Waals surface area contributed by atoms with Crippen LogP contribution in [0, 0.1) is 24.0 Å². The number of aldehydes is 2. The Morgan fingerprint density at radius 2 is 1.73 bits per heavy atom. The highest BCUT2D eigenvalue weighted by atomic mass is 19.3. The van der Waals surface area contributed by atoms with Crippen LogP contribution < -0.4 is 10.2 Å². The molecule has 1 aromatic heterocycles. The topological polar surface area (TPSA) is 112 Å². The summed E-state index contributed by atoms with van der Waals surface area (Å²) < 4.78 is 59.7. The van der Waals surface area contributed by atoms with Gasteiger partial charge < -0.3 is 29.8 Å². The van der Waals surface area contributed by atoms with E-state index >= 15 is 8.78 Å². The van der Waals surface area contributed by atoms with Gasteiger partial charge in [-0.1, -0.05) is 30.8 Å². The first kappa shape index (κ1) is 44.5. The number of aryl methyl sites for hydroxylation is 1. The second-order valence-electron chi connectivity index (χ2n) is 17.3. The first-order valence-electron chi connectivity index (χ1n) is 21.2. The summed E-state index contributed by atoms with van der Waals surface area (Å²) in [7, 11) is 3.37. The molecule has 1 spiro atoms. The molecule has 0 radical (unpaired) electrons. The van der Waals surface area contributed by atoms with Crippen molar-refractivity contribution >= 4 is 41.5 Å². The van der Waals surface area contributed by atoms with Crippen LogP contribution in [0.4, 0.5) is 23.2 Å². The summed E-state index contributed by atoms with van der Waals surface area (Å²) in [5.74, 6) is -1.44. The Kier molecular flexibility index (Phi) is 13.5. The molecule has 0 aliphatic carbocycles. The number of likely N-dealkylation sites (tertiary alicyclic amines) is 1. The van der Waals surface area contributed by atoms with Crippen molar-refractivity contribution in [2.45, 2.75) is 70.6 Å². The van der Waals surface area contributed by atoms with E-state index < -0.39 is 30.6 Å². The van der Waals surface area contributed by atoms with Crippen molar-refractivity contribution in [3.63, 3.8) is 0 Å². The minimum Gasteiger partial charge on any atom is -0.392 e. The molecule has 2 N–H and O–H groups in total. The molecule has 2 saturated heterocycles. The number of hydrogen-bond donors (Lipinski definition) is 2. The molecule has 2 unspecified atom stereocenters. The summed E-state index contributed by atoms with van der Waals surface area (Å²) in [6.07, 6.45) is 3.18. The van der Waals surface area contributed by atoms with Crippen molar-refractivity contribution in [3.8, 4) is 0 Å². The number of aromatic amines is 1. The van der Waals surface area contributed by atoms with Gasteiger partial charge in [0.05, 0.1) is 25.2 Å². The molecule has 4 aliphatic heterocycles. The fourth-order valence-electron chi connectivity index (χ4n) is 9.74. The number of fused-ring (bicyclic) bond motifs is 4. The van der Waals surface area contributed by atoms with Crippen molar-refractivity contribution in [1.82, 2.24) is 29.9 Å². The number of likely N-dealkylation sites (N-methyl/N-ethyl adjacent to an activating group) is 1. The van der Waals surface area contributed by atoms with Gasteiger partial charge in [0.1, 0.15) is 24.2 Å². The Balaban J connectivity index is 0.000000387. The summed E-state index contributed by atoms with van der Waals surface area (Å²) in [5, 5.41) is 3.83. The third-order valence-electron chi connectivity index (χ3n) is 13.3. The van der Waals surface area contributed by atoms with Crippen molar-refractivity contribution in [2.75, 3.05) is 64.8 Å². The molecule has 3 atom stereocenters. The van der Waals surface area contributed by atoms with Crippen LogP contribution in [0.1, 0.15) is 75.6 Å². The highest BCUT2D eigenvalue weighted by Gasteiger charge is 2.45. The van der Waals surface area contributed by atoms with E-state index in [9.17, 15) is 28.0 Å². The highest BCUT2D eigenvalue weighted by molar-refractivity contribution is 5.85. The van der Waals surface area contributed by atoms with E-state index in [1.165, 1.54) is 21.9 Å². The molecule has 11 nitrogen and oxygen atoms in total. The van der Waals surface area contributed by atoms with Crippen molar-refractivity contribution in [3.05, 3.63) is 112 Å². The number of amides is 2. The number of hydrogen-bond acceptors (Lipinski definition) is 8. The van der Waals surface area contributed by atoms with Crippen molar-refractivity contribution < 1.29 is 36.7 Å². The van der Waals surface area contributed by atoms with Gasteiger partial charge >= 0.3 is 0 Å². The number of anilines is 1. The van der Waals surface area contributed by atoms with Gasteiger partial charge in [-0.25, -0.2) is 17.6 Å². The first-order valence-corrected chi connectivity index (χ1v) is 21.2. The number of nitrogens with zero attached hydrogens (tertiary/aromatic N) is 5. The van der Waals surface area contributed by atoms with Crippen molar-refractivity contribution in [2.24, 2.45) is 5.41 Å². The number of carbonyl (C=O) groups excluding carboxylic acids is 4. The maximum absolute atomic E-state index is 16.1. The summed E-state index contributed by atoms with van der Waals surface area (Å²) in [5.41, 5.74) is 6.97. The van der Waals surface area contributed by atoms with E-state index in [0.717, 1.165) is 77.4 Å². The van der Waals surface area contributed by atoms with E-state index in [4.69, 9.17) is 0 Å². The zero-order valence-corrected chi connectivity index (χ0v) is 35.6. The lowest BCUT2D eigenvalue weighted by Gasteiger charge is -2.36. The van der Waals surface area contributed by atoms with Crippen LogP contribution in [0.15, 0.2) is 60.8 Å². The second kappa shape index (κ2) is 18.8. The zero-order valence-electron chi connectivity index (χ0n) is 35.6. The molecule has 0 saturated carbocycles. The van der Waals surface area contributed by atoms with Crippen LogP contribution >= 0.6 is 0 Å². The molecule has 62 heavy (non-hydrogen) atoms. The Hall–Kier alpha value is -5.54. The number of allylic oxidation sites excluding steroid dienone is 1. The molecular formula is C47H55F4N7O4. The molecule has 8 rings (SSSR count). The zero-order chi connectivity index (χ0) is 44.3. The Labute approximate surface area is 359 Å². The molecule has 2 fully saturated rings. The average Bonchev–Trinajstić information content (AvgIpc) is 4.06. The molecule has 4 aliphatic rings. The van der Waals surface area contributed by atoms with Gasteiger partial charge in [0, 0.05) is 97.9 Å². The van der Waals surface area contributed by atoms with Gasteiger partial charge in [-0.2, -0.15) is 0 Å². The smallest absolute Gasteiger partial charge is 0.251 e. The third kappa shape index (κ3) is 9.29. The average molecular weight is 858 g/mol. The SMILES string of the molecule is C=C(CCC(C=O)N(C)C=O)NC.Cc1cc2c(cc1C=O)CN(C(=O)CN1CCC3(CCN(c4cc(F)c([C@@H]5c6[nH]c7ccccc7c6CCN5CC(F)F)c(F)c4)C3)C1)C2. The highest BCUT2D eigenvalue weighted by Crippen LogP contribution is 2.44. The summed E-state index contributed by atoms with van der Waals surface area (Å²) in [6.45, 7) is 9.40. The first-order chi connectivity index (χ1) is 29.8. The van der Waals surface area contributed by atoms with Gasteiger partial charge in [-0.15, -0.1) is 0 Å². The lowest BCUT2D eigenvalue weighted by Crippen LogP contribution is -2.40. The monoisotopic (exact) mass is 857 g/mol. The summed E-state index contributed by atoms with van der Waals surface area (Å²) >= 11 is 0. The number of nitrogens with one attached hydrogen (secondary N) is 2. The van der Waals surface area contributed by atoms with E-state index in [-0.39, 0.29) is 29.5 Å². The van der Waals surface area contributed by atoms with Crippen LogP contribution in [-0.4, -0.2) is 122 Å². The number of H-pyrrole nitrogens is 1. The van der Waals surface area contributed by atoms with Crippen LogP contribution in [-0.2, 0) is 33.9 Å². The van der Waals surface area contributed by atoms with E-state index in [2.05, 4.69) is 21.8 Å². The largest absolute Gasteiger partial charge is 0.392 e. The van der Waals surface area contributed by atoms with Crippen LogP contribution in [0.5, 0.6) is 0 Å². The van der Waals surface area contributed by atoms with Crippen LogP contribution in [0.25, 0.3) is 10.9 Å². The minimum absolute atomic E-state index is 0.0508. The van der Waals surface area contributed by atoms with Gasteiger partial charge in [-0.05, 0) is 92.1 Å². The molecule has 3 aromatic carbocycles. The number of aromatic nitrogens is 1. The predicted octanol–water partition coefficient (Wildman–Crippen LogP) is 6.38. The standard InChI is InChI=1S/C38H39F4N5O2.C9H16N2O2/c1-23-12-24-16-47(17-25(24)13-26(23)20-48)34(49)19-44-10-7-38(21-44)8-11-46(22-38)27-14-30(39)35(31(40)15-27)37-36-29(6-9-45(37)18-33(41)42)28-4-2-3-5-32(28)43-36;1-8(10-2)4-5-9(6-12)11(3)7-13/h2-5,12-15,20,33,37,43H,6-11,16-19,21-22H2,1H3;6-7,9-10H,1,4-5H2,2-3H3/t37-,38?;/m1./s1. The van der Waals surface area contributed by atoms with Crippen LogP contribution in [0.3, 0.4) is 0 Å². The van der Waals surface area contributed by atoms with Gasteiger partial charge in [-0.3, -0.25) is 24.2 Å². The molecule has 15 heteroatoms. The maximum Gasteiger partial charge on any atom is 0.251 e. The Morgan fingerprint density at radius 1 is 1.02 bits per heavy atom. The maximum atomic E-state index is 16.1. The fourth-order valence-corrected chi connectivity index (χ4v) is 9.74. The number of rotatable bonds is 14. The summed E-state index contributed by atoms with van der Waals surface area (Å²) in [4.78, 5) is 57.8. The van der Waals surface area contributed by atoms with E-state index in [1.807, 2.05) is 53.1 Å². The van der Waals surface area contributed by atoms with Crippen molar-refractivity contribution in [1.29, 1.82) is 0 Å². The molecule has 330 valence electrons. The van der Waals surface area contributed by atoms with E-state index in [1.54, 1.807) is 14.1 Å². The van der Waals surface area contributed by atoms with Gasteiger partial charge in [0.25, 0.3) is 6.43 Å². The second-order valence-corrected chi connectivity index (χ2v) is 17.3. The quantitative estimate of drug-likeness (QED) is 0.111. The normalized spacial score (nSPS) is 20.2. The number of alkyl halides is 2. The molecule has 2 amide bonds. The number of carbonyl (C=O) groups is 4. The number of para-hydroxylation sites is 1. The lowest BCUT2D eigenvalue weighted by molar-refractivity contribution is -0.132. The Bertz CT molecular complexity index is 2310. The fraction of sp³-hybridized carbons (Fsp3) is 0.447. The number of halogens is 4. The molecule has 4 aromatic rings.